The number of carbonyl (C=O) groups excluding carboxylic acids is 1. The van der Waals surface area contributed by atoms with Crippen molar-refractivity contribution in [1.82, 2.24) is 5.32 Å². The van der Waals surface area contributed by atoms with Gasteiger partial charge in [0, 0.05) is 17.9 Å². The van der Waals surface area contributed by atoms with Crippen molar-refractivity contribution in [2.75, 3.05) is 19.0 Å². The molecule has 0 bridgehead atoms. The van der Waals surface area contributed by atoms with E-state index < -0.39 is 4.92 Å². The molecule has 6 nitrogen and oxygen atoms in total. The normalized spacial score (nSPS) is 9.89. The van der Waals surface area contributed by atoms with Crippen molar-refractivity contribution in [2.45, 2.75) is 6.42 Å². The highest BCUT2D eigenvalue weighted by molar-refractivity contribution is 9.09. The molecule has 18 heavy (non-hydrogen) atoms. The van der Waals surface area contributed by atoms with Crippen LogP contribution in [0.3, 0.4) is 0 Å². The van der Waals surface area contributed by atoms with Gasteiger partial charge in [0.05, 0.1) is 17.6 Å². The SMILES string of the molecule is COc1c(C(=O)NCCCBr)cccc1[N+](=O)[O-]. The van der Waals surface area contributed by atoms with Gasteiger partial charge in [0.25, 0.3) is 5.91 Å². The van der Waals surface area contributed by atoms with Gasteiger partial charge in [-0.2, -0.15) is 0 Å². The lowest BCUT2D eigenvalue weighted by Crippen LogP contribution is -2.25. The fraction of sp³-hybridized carbons (Fsp3) is 0.364. The second-order valence-electron chi connectivity index (χ2n) is 3.41. The van der Waals surface area contributed by atoms with Gasteiger partial charge in [0.1, 0.15) is 0 Å². The Morgan fingerprint density at radius 3 is 2.83 bits per heavy atom. The number of nitrogens with one attached hydrogen (secondary N) is 1. The number of nitrogens with zero attached hydrogens (tertiary/aromatic N) is 1. The van der Waals surface area contributed by atoms with Crippen molar-refractivity contribution < 1.29 is 14.5 Å². The zero-order valence-corrected chi connectivity index (χ0v) is 11.4. The van der Waals surface area contributed by atoms with Crippen LogP contribution in [0.1, 0.15) is 16.8 Å². The Morgan fingerprint density at radius 2 is 2.28 bits per heavy atom. The van der Waals surface area contributed by atoms with Crippen LogP contribution in [-0.2, 0) is 0 Å². The van der Waals surface area contributed by atoms with E-state index in [1.165, 1.54) is 25.3 Å². The average molecular weight is 317 g/mol. The standard InChI is InChI=1S/C11H13BrN2O4/c1-18-10-8(11(15)13-7-3-6-12)4-2-5-9(10)14(16)17/h2,4-5H,3,6-7H2,1H3,(H,13,15). The van der Waals surface area contributed by atoms with Gasteiger partial charge in [0.2, 0.25) is 5.75 Å². The van der Waals surface area contributed by atoms with Crippen LogP contribution in [0.15, 0.2) is 18.2 Å². The first kappa shape index (κ1) is 14.4. The largest absolute Gasteiger partial charge is 0.490 e. The van der Waals surface area contributed by atoms with E-state index in [0.717, 1.165) is 11.8 Å². The summed E-state index contributed by atoms with van der Waals surface area (Å²) in [6, 6.07) is 4.25. The predicted molar refractivity (Wildman–Crippen MR) is 70.4 cm³/mol. The van der Waals surface area contributed by atoms with E-state index in [1.54, 1.807) is 0 Å². The third kappa shape index (κ3) is 3.43. The minimum atomic E-state index is -0.575. The molecular weight excluding hydrogens is 304 g/mol. The van der Waals surface area contributed by atoms with Crippen LogP contribution in [0, 0.1) is 10.1 Å². The fourth-order valence-electron chi connectivity index (χ4n) is 1.43. The molecule has 0 saturated heterocycles. The predicted octanol–water partition coefficient (Wildman–Crippen LogP) is 2.12. The van der Waals surface area contributed by atoms with E-state index in [4.69, 9.17) is 4.74 Å². The van der Waals surface area contributed by atoms with Crippen LogP contribution in [0.2, 0.25) is 0 Å². The Kier molecular flexibility index (Phi) is 5.57. The Hall–Kier alpha value is -1.63. The smallest absolute Gasteiger partial charge is 0.311 e. The molecule has 0 aliphatic rings. The maximum absolute atomic E-state index is 11.8. The van der Waals surface area contributed by atoms with E-state index in [1.807, 2.05) is 0 Å². The number of carbonyl (C=O) groups is 1. The number of hydrogen-bond acceptors (Lipinski definition) is 4. The molecular formula is C11H13BrN2O4. The topological polar surface area (TPSA) is 81.5 Å². The van der Waals surface area contributed by atoms with Crippen molar-refractivity contribution in [3.8, 4) is 5.75 Å². The number of methoxy groups -OCH3 is 1. The van der Waals surface area contributed by atoms with E-state index in [0.29, 0.717) is 6.54 Å². The molecule has 0 fully saturated rings. The highest BCUT2D eigenvalue weighted by Crippen LogP contribution is 2.30. The minimum absolute atomic E-state index is 0.0150. The number of nitro benzene ring substituents is 1. The second-order valence-corrected chi connectivity index (χ2v) is 4.21. The quantitative estimate of drug-likeness (QED) is 0.377. The Labute approximate surface area is 113 Å². The number of hydrogen-bond donors (Lipinski definition) is 1. The number of halogens is 1. The van der Waals surface area contributed by atoms with Gasteiger partial charge in [-0.3, -0.25) is 14.9 Å². The van der Waals surface area contributed by atoms with Gasteiger partial charge in [-0.25, -0.2) is 0 Å². The van der Waals surface area contributed by atoms with Gasteiger partial charge < -0.3 is 10.1 Å². The maximum atomic E-state index is 11.8. The van der Waals surface area contributed by atoms with Crippen LogP contribution in [-0.4, -0.2) is 29.8 Å². The molecule has 0 radical (unpaired) electrons. The third-order valence-electron chi connectivity index (χ3n) is 2.24. The number of amides is 1. The van der Waals surface area contributed by atoms with Gasteiger partial charge in [0.15, 0.2) is 0 Å². The third-order valence-corrected chi connectivity index (χ3v) is 2.80. The molecule has 1 rings (SSSR count). The Morgan fingerprint density at radius 1 is 1.56 bits per heavy atom. The number of alkyl halides is 1. The van der Waals surface area contributed by atoms with Crippen molar-refractivity contribution in [3.63, 3.8) is 0 Å². The molecule has 0 atom stereocenters. The van der Waals surface area contributed by atoms with Crippen molar-refractivity contribution in [3.05, 3.63) is 33.9 Å². The second kappa shape index (κ2) is 6.95. The van der Waals surface area contributed by atoms with Crippen molar-refractivity contribution in [2.24, 2.45) is 0 Å². The van der Waals surface area contributed by atoms with Gasteiger partial charge in [-0.15, -0.1) is 0 Å². The number of para-hydroxylation sites is 1. The van der Waals surface area contributed by atoms with E-state index in [-0.39, 0.29) is 22.9 Å². The molecule has 0 unspecified atom stereocenters. The van der Waals surface area contributed by atoms with Crippen LogP contribution in [0.5, 0.6) is 5.75 Å². The monoisotopic (exact) mass is 316 g/mol. The van der Waals surface area contributed by atoms with Crippen LogP contribution < -0.4 is 10.1 Å². The number of nitro groups is 1. The number of benzene rings is 1. The van der Waals surface area contributed by atoms with Gasteiger partial charge in [-0.05, 0) is 12.5 Å². The first-order chi connectivity index (χ1) is 8.61. The van der Waals surface area contributed by atoms with Crippen molar-refractivity contribution >= 4 is 27.5 Å². The molecule has 0 aromatic heterocycles. The lowest BCUT2D eigenvalue weighted by molar-refractivity contribution is -0.385. The summed E-state index contributed by atoms with van der Waals surface area (Å²) in [4.78, 5) is 22.1. The molecule has 0 spiro atoms. The van der Waals surface area contributed by atoms with Gasteiger partial charge in [-0.1, -0.05) is 22.0 Å². The van der Waals surface area contributed by atoms with Crippen LogP contribution >= 0.6 is 15.9 Å². The fourth-order valence-corrected chi connectivity index (χ4v) is 1.71. The average Bonchev–Trinajstić information content (AvgIpc) is 2.37. The van der Waals surface area contributed by atoms with Crippen molar-refractivity contribution in [1.29, 1.82) is 0 Å². The lowest BCUT2D eigenvalue weighted by atomic mass is 10.1. The van der Waals surface area contributed by atoms with Crippen LogP contribution in [0.25, 0.3) is 0 Å². The minimum Gasteiger partial charge on any atom is -0.490 e. The van der Waals surface area contributed by atoms with E-state index in [2.05, 4.69) is 21.2 Å². The molecule has 1 N–H and O–H groups in total. The highest BCUT2D eigenvalue weighted by Gasteiger charge is 2.21. The molecule has 1 amide bonds. The summed E-state index contributed by atoms with van der Waals surface area (Å²) in [5.41, 5.74) is -0.0492. The summed E-state index contributed by atoms with van der Waals surface area (Å²) < 4.78 is 4.95. The van der Waals surface area contributed by atoms with E-state index in [9.17, 15) is 14.9 Å². The molecule has 7 heteroatoms. The first-order valence-corrected chi connectivity index (χ1v) is 6.39. The molecule has 0 aliphatic carbocycles. The Balaban J connectivity index is 2.97. The number of ether oxygens (including phenoxy) is 1. The lowest BCUT2D eigenvalue weighted by Gasteiger charge is -2.08. The summed E-state index contributed by atoms with van der Waals surface area (Å²) in [5.74, 6) is -0.393. The highest BCUT2D eigenvalue weighted by atomic mass is 79.9. The van der Waals surface area contributed by atoms with Gasteiger partial charge >= 0.3 is 5.69 Å². The maximum Gasteiger partial charge on any atom is 0.311 e. The Bertz CT molecular complexity index is 451. The number of rotatable bonds is 6. The summed E-state index contributed by atoms with van der Waals surface area (Å²) in [6.07, 6.45) is 0.781. The summed E-state index contributed by atoms with van der Waals surface area (Å²) in [5, 5.41) is 14.2. The first-order valence-electron chi connectivity index (χ1n) is 5.27. The zero-order valence-electron chi connectivity index (χ0n) is 9.81. The summed E-state index contributed by atoms with van der Waals surface area (Å²) >= 11 is 3.25. The molecule has 0 aliphatic heterocycles. The summed E-state index contributed by atoms with van der Waals surface area (Å²) in [7, 11) is 1.30. The molecule has 1 aromatic rings. The van der Waals surface area contributed by atoms with Crippen LogP contribution in [0.4, 0.5) is 5.69 Å². The molecule has 1 aromatic carbocycles. The molecule has 0 saturated carbocycles. The molecule has 98 valence electrons. The zero-order chi connectivity index (χ0) is 13.5. The van der Waals surface area contributed by atoms with E-state index >= 15 is 0 Å². The summed E-state index contributed by atoms with van der Waals surface area (Å²) in [6.45, 7) is 0.496. The molecule has 0 heterocycles.